The molecule has 4 heteroatoms. The molecule has 1 aromatic heterocycles. The Kier molecular flexibility index (Phi) is 3.46. The molecule has 4 nitrogen and oxygen atoms in total. The van der Waals surface area contributed by atoms with E-state index in [4.69, 9.17) is 15.3 Å². The molecule has 1 heterocycles. The number of nitrogens with zero attached hydrogens (tertiary/aromatic N) is 3. The van der Waals surface area contributed by atoms with Gasteiger partial charge < -0.3 is 4.74 Å². The van der Waals surface area contributed by atoms with E-state index in [1.165, 1.54) is 7.11 Å². The summed E-state index contributed by atoms with van der Waals surface area (Å²) >= 11 is 0. The second-order valence-corrected chi connectivity index (χ2v) is 2.64. The highest BCUT2D eigenvalue weighted by Crippen LogP contribution is 2.16. The topological polar surface area (TPSA) is 69.7 Å². The van der Waals surface area contributed by atoms with Crippen molar-refractivity contribution < 1.29 is 4.74 Å². The van der Waals surface area contributed by atoms with Crippen molar-refractivity contribution in [1.82, 2.24) is 4.98 Å². The minimum atomic E-state index is 0.253. The maximum atomic E-state index is 8.53. The monoisotopic (exact) mass is 187 g/mol. The van der Waals surface area contributed by atoms with Crippen LogP contribution in [-0.4, -0.2) is 12.1 Å². The van der Waals surface area contributed by atoms with Crippen LogP contribution in [0, 0.1) is 22.7 Å². The zero-order chi connectivity index (χ0) is 10.4. The van der Waals surface area contributed by atoms with Crippen LogP contribution in [0.15, 0.2) is 12.1 Å². The second-order valence-electron chi connectivity index (χ2n) is 2.64. The van der Waals surface area contributed by atoms with Crippen LogP contribution < -0.4 is 4.74 Å². The van der Waals surface area contributed by atoms with Crippen LogP contribution in [0.25, 0.3) is 0 Å². The summed E-state index contributed by atoms with van der Waals surface area (Å²) < 4.78 is 5.01. The molecule has 0 N–H and O–H groups in total. The third-order valence-electron chi connectivity index (χ3n) is 1.72. The minimum absolute atomic E-state index is 0.253. The van der Waals surface area contributed by atoms with Crippen molar-refractivity contribution >= 4 is 0 Å². The molecule has 0 spiro atoms. The van der Waals surface area contributed by atoms with E-state index in [0.29, 0.717) is 11.6 Å². The van der Waals surface area contributed by atoms with E-state index < -0.39 is 0 Å². The molecule has 0 fully saturated rings. The smallest absolute Gasteiger partial charge is 0.217 e. The molecule has 0 radical (unpaired) electrons. The first-order valence-electron chi connectivity index (χ1n) is 4.08. The summed E-state index contributed by atoms with van der Waals surface area (Å²) in [5, 5.41) is 17.0. The van der Waals surface area contributed by atoms with Gasteiger partial charge in [-0.25, -0.2) is 4.98 Å². The Balaban J connectivity index is 3.01. The summed E-state index contributed by atoms with van der Waals surface area (Å²) in [7, 11) is 1.50. The fraction of sp³-hybridized carbons (Fsp3) is 0.300. The van der Waals surface area contributed by atoms with Gasteiger partial charge in [0.05, 0.1) is 37.8 Å². The SMILES string of the molecule is COc1nc(CC#N)ccc1CC#N. The predicted octanol–water partition coefficient (Wildman–Crippen LogP) is 1.22. The zero-order valence-corrected chi connectivity index (χ0v) is 7.82. The van der Waals surface area contributed by atoms with Crippen LogP contribution >= 0.6 is 0 Å². The number of methoxy groups -OCH3 is 1. The van der Waals surface area contributed by atoms with Gasteiger partial charge in [-0.2, -0.15) is 10.5 Å². The minimum Gasteiger partial charge on any atom is -0.481 e. The molecule has 0 amide bonds. The molecule has 1 aromatic rings. The van der Waals surface area contributed by atoms with Crippen molar-refractivity contribution in [3.63, 3.8) is 0 Å². The highest BCUT2D eigenvalue weighted by molar-refractivity contribution is 5.31. The van der Waals surface area contributed by atoms with Gasteiger partial charge in [0, 0.05) is 5.56 Å². The van der Waals surface area contributed by atoms with Crippen LogP contribution in [0.3, 0.4) is 0 Å². The summed E-state index contributed by atoms with van der Waals surface area (Å²) in [5.41, 5.74) is 1.41. The molecule has 0 aliphatic heterocycles. The quantitative estimate of drug-likeness (QED) is 0.713. The van der Waals surface area contributed by atoms with E-state index in [9.17, 15) is 0 Å². The molecule has 14 heavy (non-hydrogen) atoms. The molecule has 0 bridgehead atoms. The van der Waals surface area contributed by atoms with Crippen LogP contribution in [0.2, 0.25) is 0 Å². The molecular weight excluding hydrogens is 178 g/mol. The van der Waals surface area contributed by atoms with Crippen molar-refractivity contribution in [2.24, 2.45) is 0 Å². The second kappa shape index (κ2) is 4.84. The number of hydrogen-bond donors (Lipinski definition) is 0. The number of hydrogen-bond acceptors (Lipinski definition) is 4. The van der Waals surface area contributed by atoms with E-state index in [0.717, 1.165) is 5.56 Å². The summed E-state index contributed by atoms with van der Waals surface area (Å²) in [6.07, 6.45) is 0.520. The third-order valence-corrected chi connectivity index (χ3v) is 1.72. The number of nitriles is 2. The maximum absolute atomic E-state index is 8.53. The average Bonchev–Trinajstić information content (AvgIpc) is 2.21. The molecule has 0 saturated heterocycles. The largest absolute Gasteiger partial charge is 0.481 e. The van der Waals surface area contributed by atoms with Gasteiger partial charge in [0.15, 0.2) is 0 Å². The number of aromatic nitrogens is 1. The van der Waals surface area contributed by atoms with Crippen molar-refractivity contribution in [1.29, 1.82) is 10.5 Å². The van der Waals surface area contributed by atoms with Gasteiger partial charge in [-0.15, -0.1) is 0 Å². The molecule has 0 saturated carbocycles. The molecule has 0 aliphatic rings. The van der Waals surface area contributed by atoms with E-state index >= 15 is 0 Å². The fourth-order valence-corrected chi connectivity index (χ4v) is 1.08. The first-order chi connectivity index (χ1) is 6.81. The van der Waals surface area contributed by atoms with Gasteiger partial charge >= 0.3 is 0 Å². The van der Waals surface area contributed by atoms with E-state index in [-0.39, 0.29) is 12.8 Å². The fourth-order valence-electron chi connectivity index (χ4n) is 1.08. The van der Waals surface area contributed by atoms with E-state index in [1.807, 2.05) is 12.1 Å². The summed E-state index contributed by atoms with van der Waals surface area (Å²) in [5.74, 6) is 0.430. The van der Waals surface area contributed by atoms with Gasteiger partial charge in [-0.3, -0.25) is 0 Å². The Morgan fingerprint density at radius 1 is 1.29 bits per heavy atom. The lowest BCUT2D eigenvalue weighted by molar-refractivity contribution is 0.392. The van der Waals surface area contributed by atoms with Gasteiger partial charge in [-0.05, 0) is 6.07 Å². The Bertz CT molecular complexity index is 401. The van der Waals surface area contributed by atoms with Gasteiger partial charge in [-0.1, -0.05) is 6.07 Å². The van der Waals surface area contributed by atoms with Gasteiger partial charge in [0.1, 0.15) is 0 Å². The summed E-state index contributed by atoms with van der Waals surface area (Å²) in [4.78, 5) is 4.10. The summed E-state index contributed by atoms with van der Waals surface area (Å²) in [6, 6.07) is 7.53. The van der Waals surface area contributed by atoms with E-state index in [1.54, 1.807) is 12.1 Å². The number of rotatable bonds is 3. The predicted molar refractivity (Wildman–Crippen MR) is 49.4 cm³/mol. The highest BCUT2D eigenvalue weighted by Gasteiger charge is 2.05. The Morgan fingerprint density at radius 2 is 2.00 bits per heavy atom. The lowest BCUT2D eigenvalue weighted by Gasteiger charge is -2.04. The van der Waals surface area contributed by atoms with Crippen molar-refractivity contribution in [3.05, 3.63) is 23.4 Å². The first-order valence-corrected chi connectivity index (χ1v) is 4.08. The molecule has 1 rings (SSSR count). The maximum Gasteiger partial charge on any atom is 0.217 e. The Morgan fingerprint density at radius 3 is 2.57 bits per heavy atom. The van der Waals surface area contributed by atoms with Crippen LogP contribution in [0.1, 0.15) is 11.3 Å². The van der Waals surface area contributed by atoms with Crippen molar-refractivity contribution in [2.75, 3.05) is 7.11 Å². The zero-order valence-electron chi connectivity index (χ0n) is 7.82. The first kappa shape index (κ1) is 10.0. The molecule has 70 valence electrons. The lowest BCUT2D eigenvalue weighted by Crippen LogP contribution is -1.97. The average molecular weight is 187 g/mol. The third kappa shape index (κ3) is 2.21. The molecular formula is C10H9N3O. The highest BCUT2D eigenvalue weighted by atomic mass is 16.5. The number of ether oxygens (including phenoxy) is 1. The van der Waals surface area contributed by atoms with Gasteiger partial charge in [0.25, 0.3) is 0 Å². The van der Waals surface area contributed by atoms with Crippen LogP contribution in [0.4, 0.5) is 0 Å². The van der Waals surface area contributed by atoms with E-state index in [2.05, 4.69) is 4.98 Å². The van der Waals surface area contributed by atoms with Crippen molar-refractivity contribution in [2.45, 2.75) is 12.8 Å². The Labute approximate surface area is 82.4 Å². The Hall–Kier alpha value is -2.07. The van der Waals surface area contributed by atoms with Crippen LogP contribution in [-0.2, 0) is 12.8 Å². The van der Waals surface area contributed by atoms with Crippen LogP contribution in [0.5, 0.6) is 5.88 Å². The summed E-state index contributed by atoms with van der Waals surface area (Å²) in [6.45, 7) is 0. The lowest BCUT2D eigenvalue weighted by atomic mass is 10.2. The normalized spacial score (nSPS) is 8.79. The molecule has 0 atom stereocenters. The van der Waals surface area contributed by atoms with Gasteiger partial charge in [0.2, 0.25) is 5.88 Å². The molecule has 0 unspecified atom stereocenters. The van der Waals surface area contributed by atoms with Crippen molar-refractivity contribution in [3.8, 4) is 18.0 Å². The molecule has 0 aliphatic carbocycles. The molecule has 0 aromatic carbocycles. The number of pyridine rings is 1. The standard InChI is InChI=1S/C10H9N3O/c1-14-10-8(4-6-11)2-3-9(13-10)5-7-12/h2-3H,4-5H2,1H3.